The highest BCUT2D eigenvalue weighted by Gasteiger charge is 2.18. The number of hydrogen-bond acceptors (Lipinski definition) is 0. The summed E-state index contributed by atoms with van der Waals surface area (Å²) in [5.74, 6) is 0. The molecular weight excluding hydrogens is 252 g/mol. The molecule has 0 N–H and O–H groups in total. The smallest absolute Gasteiger partial charge is 0.00134 e. The third-order valence-corrected chi connectivity index (χ3v) is 4.66. The van der Waals surface area contributed by atoms with Gasteiger partial charge < -0.3 is 0 Å². The first-order valence-corrected chi connectivity index (χ1v) is 7.52. The SMILES string of the molecule is Cc1cc2ccccc2c(C2=Cc3ccccc3C2)c1C. The summed E-state index contributed by atoms with van der Waals surface area (Å²) in [6.45, 7) is 4.47. The number of benzene rings is 3. The molecule has 0 heteroatoms. The second kappa shape index (κ2) is 4.60. The number of fused-ring (bicyclic) bond motifs is 2. The van der Waals surface area contributed by atoms with Crippen LogP contribution in [-0.4, -0.2) is 0 Å². The molecule has 4 rings (SSSR count). The first-order valence-electron chi connectivity index (χ1n) is 7.52. The van der Waals surface area contributed by atoms with Crippen molar-refractivity contribution in [1.82, 2.24) is 0 Å². The first kappa shape index (κ1) is 12.4. The van der Waals surface area contributed by atoms with Gasteiger partial charge in [-0.05, 0) is 64.4 Å². The maximum Gasteiger partial charge on any atom is -0.00134 e. The summed E-state index contributed by atoms with van der Waals surface area (Å²) < 4.78 is 0. The molecule has 3 aromatic rings. The fourth-order valence-corrected chi connectivity index (χ4v) is 3.45. The van der Waals surface area contributed by atoms with E-state index >= 15 is 0 Å². The highest BCUT2D eigenvalue weighted by molar-refractivity contribution is 6.01. The summed E-state index contributed by atoms with van der Waals surface area (Å²) in [4.78, 5) is 0. The molecule has 0 saturated carbocycles. The molecule has 0 radical (unpaired) electrons. The molecule has 1 aliphatic rings. The van der Waals surface area contributed by atoms with Crippen molar-refractivity contribution in [3.63, 3.8) is 0 Å². The predicted molar refractivity (Wildman–Crippen MR) is 91.4 cm³/mol. The van der Waals surface area contributed by atoms with E-state index in [0.29, 0.717) is 0 Å². The van der Waals surface area contributed by atoms with Gasteiger partial charge in [-0.25, -0.2) is 0 Å². The number of allylic oxidation sites excluding steroid dienone is 1. The van der Waals surface area contributed by atoms with E-state index in [-0.39, 0.29) is 0 Å². The highest BCUT2D eigenvalue weighted by Crippen LogP contribution is 2.37. The zero-order valence-corrected chi connectivity index (χ0v) is 12.5. The molecule has 0 fully saturated rings. The Balaban J connectivity index is 1.98. The molecule has 0 amide bonds. The lowest BCUT2D eigenvalue weighted by molar-refractivity contribution is 1.28. The van der Waals surface area contributed by atoms with Gasteiger partial charge in [-0.15, -0.1) is 0 Å². The Morgan fingerprint density at radius 2 is 1.62 bits per heavy atom. The van der Waals surface area contributed by atoms with Crippen LogP contribution in [0.2, 0.25) is 0 Å². The van der Waals surface area contributed by atoms with Gasteiger partial charge >= 0.3 is 0 Å². The zero-order chi connectivity index (χ0) is 14.4. The lowest BCUT2D eigenvalue weighted by atomic mass is 9.90. The lowest BCUT2D eigenvalue weighted by Crippen LogP contribution is -1.94. The maximum absolute atomic E-state index is 2.36. The molecule has 0 spiro atoms. The summed E-state index contributed by atoms with van der Waals surface area (Å²) in [5.41, 5.74) is 8.48. The van der Waals surface area contributed by atoms with Gasteiger partial charge in [0.2, 0.25) is 0 Å². The molecule has 0 aliphatic heterocycles. The number of aryl methyl sites for hydroxylation is 1. The van der Waals surface area contributed by atoms with Gasteiger partial charge in [0.25, 0.3) is 0 Å². The number of hydrogen-bond donors (Lipinski definition) is 0. The van der Waals surface area contributed by atoms with E-state index in [1.54, 1.807) is 0 Å². The Hall–Kier alpha value is -2.34. The normalized spacial score (nSPS) is 13.3. The molecule has 0 aromatic heterocycles. The molecule has 0 bridgehead atoms. The average Bonchev–Trinajstić information content (AvgIpc) is 2.92. The van der Waals surface area contributed by atoms with Crippen LogP contribution >= 0.6 is 0 Å². The van der Waals surface area contributed by atoms with E-state index in [4.69, 9.17) is 0 Å². The van der Waals surface area contributed by atoms with Crippen molar-refractivity contribution in [2.45, 2.75) is 20.3 Å². The first-order chi connectivity index (χ1) is 10.2. The van der Waals surface area contributed by atoms with Crippen molar-refractivity contribution in [3.8, 4) is 0 Å². The fourth-order valence-electron chi connectivity index (χ4n) is 3.45. The van der Waals surface area contributed by atoms with E-state index in [1.807, 2.05) is 0 Å². The lowest BCUT2D eigenvalue weighted by Gasteiger charge is -2.14. The van der Waals surface area contributed by atoms with Crippen molar-refractivity contribution < 1.29 is 0 Å². The molecule has 0 nitrogen and oxygen atoms in total. The molecule has 102 valence electrons. The van der Waals surface area contributed by atoms with Crippen LogP contribution < -0.4 is 0 Å². The third kappa shape index (κ3) is 1.91. The van der Waals surface area contributed by atoms with Crippen LogP contribution in [0.4, 0.5) is 0 Å². The van der Waals surface area contributed by atoms with Gasteiger partial charge in [0, 0.05) is 0 Å². The summed E-state index contributed by atoms with van der Waals surface area (Å²) >= 11 is 0. The standard InChI is InChI=1S/C21H18/c1-14-11-18-9-5-6-10-20(18)21(15(14)2)19-12-16-7-3-4-8-17(16)13-19/h3-12H,13H2,1-2H3. The molecule has 0 saturated heterocycles. The second-order valence-corrected chi connectivity index (χ2v) is 5.96. The average molecular weight is 270 g/mol. The minimum Gasteiger partial charge on any atom is -0.0619 e. The largest absolute Gasteiger partial charge is 0.0619 e. The monoisotopic (exact) mass is 270 g/mol. The maximum atomic E-state index is 2.36. The Morgan fingerprint density at radius 1 is 0.857 bits per heavy atom. The summed E-state index contributed by atoms with van der Waals surface area (Å²) in [7, 11) is 0. The highest BCUT2D eigenvalue weighted by atomic mass is 14.2. The second-order valence-electron chi connectivity index (χ2n) is 5.96. The molecule has 0 unspecified atom stereocenters. The minimum atomic E-state index is 1.05. The molecule has 1 aliphatic carbocycles. The zero-order valence-electron chi connectivity index (χ0n) is 12.5. The van der Waals surface area contributed by atoms with Gasteiger partial charge in [-0.3, -0.25) is 0 Å². The quantitative estimate of drug-likeness (QED) is 0.543. The van der Waals surface area contributed by atoms with Crippen molar-refractivity contribution in [2.75, 3.05) is 0 Å². The van der Waals surface area contributed by atoms with E-state index in [9.17, 15) is 0 Å². The van der Waals surface area contributed by atoms with Gasteiger partial charge in [-0.1, -0.05) is 60.7 Å². The van der Waals surface area contributed by atoms with E-state index in [0.717, 1.165) is 6.42 Å². The van der Waals surface area contributed by atoms with E-state index in [2.05, 4.69) is 74.5 Å². The molecular formula is C21H18. The van der Waals surface area contributed by atoms with Crippen LogP contribution in [0.15, 0.2) is 54.6 Å². The van der Waals surface area contributed by atoms with Gasteiger partial charge in [0.05, 0.1) is 0 Å². The Labute approximate surface area is 125 Å². The van der Waals surface area contributed by atoms with Gasteiger partial charge in [0.1, 0.15) is 0 Å². The van der Waals surface area contributed by atoms with Crippen molar-refractivity contribution >= 4 is 22.4 Å². The molecule has 21 heavy (non-hydrogen) atoms. The van der Waals surface area contributed by atoms with Crippen LogP contribution in [-0.2, 0) is 6.42 Å². The molecule has 0 heterocycles. The molecule has 0 atom stereocenters. The third-order valence-electron chi connectivity index (χ3n) is 4.66. The van der Waals surface area contributed by atoms with E-state index < -0.39 is 0 Å². The van der Waals surface area contributed by atoms with Crippen LogP contribution in [0.1, 0.15) is 27.8 Å². The Kier molecular flexibility index (Phi) is 2.71. The molecule has 3 aromatic carbocycles. The van der Waals surface area contributed by atoms with Crippen molar-refractivity contribution in [3.05, 3.63) is 82.4 Å². The predicted octanol–water partition coefficient (Wildman–Crippen LogP) is 5.55. The Morgan fingerprint density at radius 3 is 2.48 bits per heavy atom. The van der Waals surface area contributed by atoms with Crippen molar-refractivity contribution in [1.29, 1.82) is 0 Å². The van der Waals surface area contributed by atoms with Gasteiger partial charge in [0.15, 0.2) is 0 Å². The summed E-state index contributed by atoms with van der Waals surface area (Å²) in [6.07, 6.45) is 3.41. The van der Waals surface area contributed by atoms with Crippen LogP contribution in [0.3, 0.4) is 0 Å². The number of rotatable bonds is 1. The van der Waals surface area contributed by atoms with Crippen molar-refractivity contribution in [2.24, 2.45) is 0 Å². The van der Waals surface area contributed by atoms with E-state index in [1.165, 1.54) is 44.2 Å². The van der Waals surface area contributed by atoms with Gasteiger partial charge in [-0.2, -0.15) is 0 Å². The van der Waals surface area contributed by atoms with Crippen LogP contribution in [0.5, 0.6) is 0 Å². The van der Waals surface area contributed by atoms with Crippen LogP contribution in [0.25, 0.3) is 22.4 Å². The topological polar surface area (TPSA) is 0 Å². The fraction of sp³-hybridized carbons (Fsp3) is 0.143. The summed E-state index contributed by atoms with van der Waals surface area (Å²) in [6, 6.07) is 19.8. The Bertz CT molecular complexity index is 882. The van der Waals surface area contributed by atoms with Crippen LogP contribution in [0, 0.1) is 13.8 Å². The minimum absolute atomic E-state index is 1.05. The summed E-state index contributed by atoms with van der Waals surface area (Å²) in [5, 5.41) is 2.71.